The summed E-state index contributed by atoms with van der Waals surface area (Å²) in [4.78, 5) is 25.8. The lowest BCUT2D eigenvalue weighted by atomic mass is 10.2. The standard InChI is InChI=1S/C22H20N2O5S/c1-2-20(22(26)24-15-8-9-17-19(12-15)29-13-28-17)30-16-6-3-5-14(11-16)23-21(25)18-7-4-10-27-18/h3-12,20H,2,13H2,1H3,(H,23,25)(H,24,26). The number of nitrogens with one attached hydrogen (secondary N) is 2. The number of carbonyl (C=O) groups is 2. The van der Waals surface area contributed by atoms with Crippen LogP contribution in [0.3, 0.4) is 0 Å². The van der Waals surface area contributed by atoms with Crippen LogP contribution in [0.2, 0.25) is 0 Å². The van der Waals surface area contributed by atoms with Gasteiger partial charge in [-0.25, -0.2) is 0 Å². The zero-order valence-electron chi connectivity index (χ0n) is 16.2. The Morgan fingerprint density at radius 3 is 2.63 bits per heavy atom. The van der Waals surface area contributed by atoms with Gasteiger partial charge < -0.3 is 24.5 Å². The zero-order chi connectivity index (χ0) is 20.9. The highest BCUT2D eigenvalue weighted by molar-refractivity contribution is 8.00. The van der Waals surface area contributed by atoms with Crippen LogP contribution in [0.1, 0.15) is 23.9 Å². The quantitative estimate of drug-likeness (QED) is 0.531. The van der Waals surface area contributed by atoms with Crippen LogP contribution in [0.15, 0.2) is 70.2 Å². The first kappa shape index (κ1) is 19.9. The lowest BCUT2D eigenvalue weighted by Gasteiger charge is -2.15. The van der Waals surface area contributed by atoms with Crippen molar-refractivity contribution in [1.29, 1.82) is 0 Å². The molecule has 0 bridgehead atoms. The summed E-state index contributed by atoms with van der Waals surface area (Å²) in [5, 5.41) is 5.43. The molecule has 1 aromatic heterocycles. The smallest absolute Gasteiger partial charge is 0.291 e. The Morgan fingerprint density at radius 1 is 1.00 bits per heavy atom. The summed E-state index contributed by atoms with van der Waals surface area (Å²) >= 11 is 1.44. The first-order chi connectivity index (χ1) is 14.6. The predicted octanol–water partition coefficient (Wildman–Crippen LogP) is 4.77. The van der Waals surface area contributed by atoms with Crippen LogP contribution >= 0.6 is 11.8 Å². The Bertz CT molecular complexity index is 1050. The maximum atomic E-state index is 12.8. The molecule has 1 aliphatic heterocycles. The van der Waals surface area contributed by atoms with Crippen molar-refractivity contribution in [2.45, 2.75) is 23.5 Å². The van der Waals surface area contributed by atoms with Gasteiger partial charge in [-0.15, -0.1) is 11.8 Å². The second-order valence-electron chi connectivity index (χ2n) is 6.53. The van der Waals surface area contributed by atoms with Crippen molar-refractivity contribution in [3.63, 3.8) is 0 Å². The molecule has 0 saturated carbocycles. The van der Waals surface area contributed by atoms with E-state index in [2.05, 4.69) is 10.6 Å². The molecule has 3 aromatic rings. The molecule has 4 rings (SSSR count). The fourth-order valence-electron chi connectivity index (χ4n) is 2.93. The number of hydrogen-bond donors (Lipinski definition) is 2. The third-order valence-corrected chi connectivity index (χ3v) is 5.78. The van der Waals surface area contributed by atoms with Gasteiger partial charge in [0.25, 0.3) is 5.91 Å². The van der Waals surface area contributed by atoms with Gasteiger partial charge in [-0.3, -0.25) is 9.59 Å². The molecular weight excluding hydrogens is 404 g/mol. The first-order valence-electron chi connectivity index (χ1n) is 9.44. The second kappa shape index (κ2) is 8.96. The number of amides is 2. The summed E-state index contributed by atoms with van der Waals surface area (Å²) in [5.41, 5.74) is 1.29. The Labute approximate surface area is 177 Å². The van der Waals surface area contributed by atoms with Crippen molar-refractivity contribution in [3.8, 4) is 11.5 Å². The molecule has 0 fully saturated rings. The lowest BCUT2D eigenvalue weighted by molar-refractivity contribution is -0.115. The van der Waals surface area contributed by atoms with Crippen molar-refractivity contribution in [1.82, 2.24) is 0 Å². The molecule has 2 heterocycles. The number of rotatable bonds is 7. The van der Waals surface area contributed by atoms with Crippen molar-refractivity contribution in [2.24, 2.45) is 0 Å². The van der Waals surface area contributed by atoms with Gasteiger partial charge in [0.05, 0.1) is 11.5 Å². The predicted molar refractivity (Wildman–Crippen MR) is 114 cm³/mol. The first-order valence-corrected chi connectivity index (χ1v) is 10.3. The maximum absolute atomic E-state index is 12.8. The average Bonchev–Trinajstić information content (AvgIpc) is 3.44. The van der Waals surface area contributed by atoms with Gasteiger partial charge in [0.2, 0.25) is 12.7 Å². The van der Waals surface area contributed by atoms with Gasteiger partial charge in [-0.05, 0) is 48.9 Å². The molecular formula is C22H20N2O5S. The molecule has 2 N–H and O–H groups in total. The molecule has 2 aromatic carbocycles. The van der Waals surface area contributed by atoms with Crippen molar-refractivity contribution < 1.29 is 23.5 Å². The molecule has 0 spiro atoms. The number of thioether (sulfide) groups is 1. The number of fused-ring (bicyclic) bond motifs is 1. The molecule has 30 heavy (non-hydrogen) atoms. The maximum Gasteiger partial charge on any atom is 0.291 e. The fraction of sp³-hybridized carbons (Fsp3) is 0.182. The topological polar surface area (TPSA) is 89.8 Å². The lowest BCUT2D eigenvalue weighted by Crippen LogP contribution is -2.24. The van der Waals surface area contributed by atoms with Gasteiger partial charge >= 0.3 is 0 Å². The Kier molecular flexibility index (Phi) is 5.94. The van der Waals surface area contributed by atoms with Crippen LogP contribution in [-0.4, -0.2) is 23.9 Å². The number of hydrogen-bond acceptors (Lipinski definition) is 6. The molecule has 0 radical (unpaired) electrons. The summed E-state index contributed by atoms with van der Waals surface area (Å²) in [7, 11) is 0. The normalized spacial score (nSPS) is 13.0. The highest BCUT2D eigenvalue weighted by Crippen LogP contribution is 2.35. The summed E-state index contributed by atoms with van der Waals surface area (Å²) in [5.74, 6) is 1.10. The number of ether oxygens (including phenoxy) is 2. The molecule has 0 saturated heterocycles. The van der Waals surface area contributed by atoms with E-state index in [-0.39, 0.29) is 29.6 Å². The zero-order valence-corrected chi connectivity index (χ0v) is 17.0. The third kappa shape index (κ3) is 4.60. The van der Waals surface area contributed by atoms with Crippen molar-refractivity contribution >= 4 is 35.0 Å². The van der Waals surface area contributed by atoms with Gasteiger partial charge in [0, 0.05) is 22.3 Å². The van der Waals surface area contributed by atoms with Gasteiger partial charge in [0.15, 0.2) is 17.3 Å². The Morgan fingerprint density at radius 2 is 1.83 bits per heavy atom. The Balaban J connectivity index is 1.40. The van der Waals surface area contributed by atoms with Gasteiger partial charge in [-0.1, -0.05) is 13.0 Å². The van der Waals surface area contributed by atoms with Crippen LogP contribution in [0, 0.1) is 0 Å². The van der Waals surface area contributed by atoms with Gasteiger partial charge in [-0.2, -0.15) is 0 Å². The minimum Gasteiger partial charge on any atom is -0.459 e. The van der Waals surface area contributed by atoms with Gasteiger partial charge in [0.1, 0.15) is 0 Å². The van der Waals surface area contributed by atoms with Crippen LogP contribution in [-0.2, 0) is 4.79 Å². The largest absolute Gasteiger partial charge is 0.459 e. The van der Waals surface area contributed by atoms with E-state index in [0.29, 0.717) is 29.3 Å². The van der Waals surface area contributed by atoms with Crippen LogP contribution < -0.4 is 20.1 Å². The van der Waals surface area contributed by atoms with Crippen LogP contribution in [0.5, 0.6) is 11.5 Å². The minimum atomic E-state index is -0.324. The molecule has 8 heteroatoms. The SMILES string of the molecule is CCC(Sc1cccc(NC(=O)c2ccco2)c1)C(=O)Nc1ccc2c(c1)OCO2. The van der Waals surface area contributed by atoms with E-state index < -0.39 is 0 Å². The molecule has 7 nitrogen and oxygen atoms in total. The fourth-order valence-corrected chi connectivity index (χ4v) is 3.94. The van der Waals surface area contributed by atoms with E-state index in [4.69, 9.17) is 13.9 Å². The average molecular weight is 424 g/mol. The van der Waals surface area contributed by atoms with E-state index in [1.54, 1.807) is 36.4 Å². The van der Waals surface area contributed by atoms with E-state index in [9.17, 15) is 9.59 Å². The highest BCUT2D eigenvalue weighted by atomic mass is 32.2. The third-order valence-electron chi connectivity index (χ3n) is 4.42. The molecule has 154 valence electrons. The van der Waals surface area contributed by atoms with Crippen molar-refractivity contribution in [3.05, 3.63) is 66.6 Å². The molecule has 2 amide bonds. The molecule has 1 unspecified atom stereocenters. The van der Waals surface area contributed by atoms with E-state index >= 15 is 0 Å². The molecule has 1 atom stereocenters. The summed E-state index contributed by atoms with van der Waals surface area (Å²) in [6.45, 7) is 2.15. The number of carbonyl (C=O) groups excluding carboxylic acids is 2. The van der Waals surface area contributed by atoms with E-state index in [0.717, 1.165) is 4.90 Å². The second-order valence-corrected chi connectivity index (χ2v) is 7.81. The molecule has 0 aliphatic carbocycles. The van der Waals surface area contributed by atoms with Crippen molar-refractivity contribution in [2.75, 3.05) is 17.4 Å². The highest BCUT2D eigenvalue weighted by Gasteiger charge is 2.20. The van der Waals surface area contributed by atoms with Crippen LogP contribution in [0.4, 0.5) is 11.4 Å². The summed E-state index contributed by atoms with van der Waals surface area (Å²) < 4.78 is 15.8. The number of furan rings is 1. The minimum absolute atomic E-state index is 0.105. The monoisotopic (exact) mass is 424 g/mol. The molecule has 1 aliphatic rings. The summed E-state index contributed by atoms with van der Waals surface area (Å²) in [6.07, 6.45) is 2.09. The van der Waals surface area contributed by atoms with Crippen LogP contribution in [0.25, 0.3) is 0 Å². The Hall–Kier alpha value is -3.39. The number of anilines is 2. The number of benzene rings is 2. The van der Waals surface area contributed by atoms with E-state index in [1.807, 2.05) is 25.1 Å². The van der Waals surface area contributed by atoms with E-state index in [1.165, 1.54) is 18.0 Å². The summed E-state index contributed by atoms with van der Waals surface area (Å²) in [6, 6.07) is 15.9.